The Hall–Kier alpha value is -6.15. The zero-order valence-corrected chi connectivity index (χ0v) is 63.3. The highest BCUT2D eigenvalue weighted by Crippen LogP contribution is 2.29. The molecule has 0 saturated carbocycles. The van der Waals surface area contributed by atoms with Gasteiger partial charge in [-0.3, -0.25) is 14.9 Å². The Morgan fingerprint density at radius 3 is 1.89 bits per heavy atom. The van der Waals surface area contributed by atoms with Gasteiger partial charge < -0.3 is 48.7 Å². The van der Waals surface area contributed by atoms with Crippen LogP contribution in [0.4, 0.5) is 15.8 Å². The minimum atomic E-state index is -0.276. The number of piperidine rings is 1. The first-order valence-electron chi connectivity index (χ1n) is 36.2. The van der Waals surface area contributed by atoms with Gasteiger partial charge in [0.1, 0.15) is 30.6 Å². The second-order valence-corrected chi connectivity index (χ2v) is 29.1. The maximum Gasteiger partial charge on any atom is 0.223 e. The van der Waals surface area contributed by atoms with Gasteiger partial charge >= 0.3 is 0 Å². The van der Waals surface area contributed by atoms with E-state index in [4.69, 9.17) is 39.6 Å². The summed E-state index contributed by atoms with van der Waals surface area (Å²) in [5, 5.41) is 8.36. The summed E-state index contributed by atoms with van der Waals surface area (Å²) >= 11 is 0. The third-order valence-electron chi connectivity index (χ3n) is 16.2. The summed E-state index contributed by atoms with van der Waals surface area (Å²) in [5.41, 5.74) is 8.14. The number of hydrogen-bond donors (Lipinski definition) is 2. The van der Waals surface area contributed by atoms with Crippen LogP contribution in [0.2, 0.25) is 0 Å². The number of benzene rings is 5. The van der Waals surface area contributed by atoms with Gasteiger partial charge in [-0.1, -0.05) is 93.6 Å². The van der Waals surface area contributed by atoms with Crippen LogP contribution in [-0.4, -0.2) is 118 Å². The number of anilines is 2. The number of halogens is 1. The van der Waals surface area contributed by atoms with Crippen molar-refractivity contribution in [1.82, 2.24) is 10.2 Å². The van der Waals surface area contributed by atoms with Crippen LogP contribution in [0.1, 0.15) is 219 Å². The Kier molecular flexibility index (Phi) is 43.0. The number of likely N-dealkylation sites (tertiary alicyclic amines) is 1. The molecule has 5 aliphatic heterocycles. The predicted octanol–water partition coefficient (Wildman–Crippen LogP) is 18.9. The van der Waals surface area contributed by atoms with E-state index in [1.807, 2.05) is 135 Å². The molecule has 13 nitrogen and oxygen atoms in total. The molecule has 2 N–H and O–H groups in total. The summed E-state index contributed by atoms with van der Waals surface area (Å²) in [6.45, 7) is 49.3. The number of para-hydroxylation sites is 3. The lowest BCUT2D eigenvalue weighted by molar-refractivity contribution is -0.150. The molecular weight excluding hydrogens is 1240 g/mol. The van der Waals surface area contributed by atoms with Gasteiger partial charge in [-0.25, -0.2) is 4.39 Å². The third kappa shape index (κ3) is 37.4. The van der Waals surface area contributed by atoms with Crippen LogP contribution in [0.25, 0.3) is 0 Å². The van der Waals surface area contributed by atoms with E-state index in [-0.39, 0.29) is 56.9 Å². The largest absolute Gasteiger partial charge is 0.491 e. The van der Waals surface area contributed by atoms with E-state index < -0.39 is 0 Å². The van der Waals surface area contributed by atoms with Crippen molar-refractivity contribution in [2.75, 3.05) is 62.8 Å². The lowest BCUT2D eigenvalue weighted by Gasteiger charge is -2.34. The smallest absolute Gasteiger partial charge is 0.223 e. The van der Waals surface area contributed by atoms with Gasteiger partial charge in [0, 0.05) is 53.7 Å². The fourth-order valence-electron chi connectivity index (χ4n) is 11.1. The van der Waals surface area contributed by atoms with E-state index in [9.17, 15) is 4.39 Å². The van der Waals surface area contributed by atoms with Crippen LogP contribution in [-0.2, 0) is 43.3 Å². The number of fused-ring (bicyclic) bond motifs is 3. The number of terminal acetylenes is 1. The van der Waals surface area contributed by atoms with Crippen molar-refractivity contribution >= 4 is 11.4 Å². The van der Waals surface area contributed by atoms with Crippen LogP contribution < -0.4 is 35.7 Å². The van der Waals surface area contributed by atoms with Crippen LogP contribution in [0.15, 0.2) is 131 Å². The molecule has 0 radical (unpaired) electrons. The summed E-state index contributed by atoms with van der Waals surface area (Å²) in [6, 6.07) is 36.3. The van der Waals surface area contributed by atoms with E-state index in [1.165, 1.54) is 95.0 Å². The molecule has 2 saturated heterocycles. The Morgan fingerprint density at radius 1 is 0.697 bits per heavy atom. The molecule has 11 rings (SSSR count). The first-order chi connectivity index (χ1) is 46.1. The van der Waals surface area contributed by atoms with Gasteiger partial charge in [0.05, 0.1) is 65.7 Å². The maximum atomic E-state index is 13.1. The van der Waals surface area contributed by atoms with Crippen molar-refractivity contribution in [2.24, 2.45) is 15.9 Å². The maximum absolute atomic E-state index is 13.1. The zero-order valence-electron chi connectivity index (χ0n) is 63.3. The minimum absolute atomic E-state index is 0. The zero-order chi connectivity index (χ0) is 71.3. The lowest BCUT2D eigenvalue weighted by atomic mass is 9.95. The molecule has 5 heterocycles. The Morgan fingerprint density at radius 2 is 1.32 bits per heavy atom. The third-order valence-corrected chi connectivity index (χ3v) is 16.2. The molecule has 0 aromatic heterocycles. The summed E-state index contributed by atoms with van der Waals surface area (Å²) < 4.78 is 52.0. The highest BCUT2D eigenvalue weighted by atomic mass is 19.1. The standard InChI is InChI=1S/C12H17N.C12H16O3.C12H14O.C11H23NO.C10H14FN.C10H12N2O.C8H17N.C8H14O.2CH4/c1-10(2)13-9-5-7-11-6-3-4-8-12(11)13;1-9(2)13-8-12-14-7-10-5-3-4-6-11(10)15-12;1-4-11-5-7-12(8-6-11)9-13-10(2)3;1-11(2,3)13-9-6-10-4-7-12-8-5-10;1-7(2)12-10-8(3)5-4-6-9(10)11;1-7(2)13-8-3-4-9-10(5-8)12-6-11-9;1-8(2,3)9-6-4-5-7-9;1-7(2)9-8-5-3-4-6-8;;/h3-4,6,8,10H,5,7,9H2,1-2H3;3-6,9,12H,7-8H2,1-2H3;1,5-8,10H,9H2,2-3H3;10,12H,4-9H2,1-3H3;4-7,12H,1-3H3;3-5,7H,6H2,1-2H3;4-7H2,1-3H3;3-4,7-8H,5-6H2,1-2H3;2*1H4. The molecule has 0 bridgehead atoms. The SMILES string of the molecule is C.C.C#Cc1ccc(COC(C)C)cc1.CC(C)(C)N1CCCC1.CC(C)(C)OCCC1CCNCC1.CC(C)N1CCCc2ccccc21.CC(C)OC1CC=CC1.CC(C)OCC1OCc2ccccc2O1.CC(C)Oc1ccc2c(c1)=NCN=2.Cc1cccc(F)c1NC(C)C. The van der Waals surface area contributed by atoms with E-state index in [1.54, 1.807) is 6.07 Å². The fourth-order valence-corrected chi connectivity index (χ4v) is 11.1. The molecule has 99 heavy (non-hydrogen) atoms. The Balaban J connectivity index is 0.000000385. The average molecular weight is 1370 g/mol. The number of nitrogens with zero attached hydrogens (tertiary/aromatic N) is 4. The number of aryl methyl sites for hydroxylation is 2. The van der Waals surface area contributed by atoms with Crippen molar-refractivity contribution < 1.29 is 37.5 Å². The van der Waals surface area contributed by atoms with E-state index in [0.717, 1.165) is 69.8 Å². The van der Waals surface area contributed by atoms with Crippen molar-refractivity contribution in [3.63, 3.8) is 0 Å². The molecule has 0 spiro atoms. The molecule has 14 heteroatoms. The minimum Gasteiger partial charge on any atom is -0.491 e. The van der Waals surface area contributed by atoms with Crippen LogP contribution in [0, 0.1) is 31.0 Å². The summed E-state index contributed by atoms with van der Waals surface area (Å²) in [5.74, 6) is 5.07. The van der Waals surface area contributed by atoms with E-state index in [0.29, 0.717) is 56.0 Å². The Labute approximate surface area is 601 Å². The summed E-state index contributed by atoms with van der Waals surface area (Å²) in [4.78, 5) is 13.5. The van der Waals surface area contributed by atoms with Crippen LogP contribution in [0.3, 0.4) is 0 Å². The van der Waals surface area contributed by atoms with Gasteiger partial charge in [-0.2, -0.15) is 0 Å². The lowest BCUT2D eigenvalue weighted by Crippen LogP contribution is -2.38. The van der Waals surface area contributed by atoms with Gasteiger partial charge in [0.2, 0.25) is 6.29 Å². The molecule has 1 unspecified atom stereocenters. The van der Waals surface area contributed by atoms with E-state index in [2.05, 4.69) is 142 Å². The normalized spacial score (nSPS) is 16.1. The second kappa shape index (κ2) is 47.9. The van der Waals surface area contributed by atoms with E-state index >= 15 is 0 Å². The number of nitrogens with one attached hydrogen (secondary N) is 2. The van der Waals surface area contributed by atoms with Crippen molar-refractivity contribution in [3.05, 3.63) is 166 Å². The second-order valence-electron chi connectivity index (χ2n) is 29.1. The molecule has 2 fully saturated rings. The molecule has 554 valence electrons. The van der Waals surface area contributed by atoms with Gasteiger partial charge in [-0.15, -0.1) is 6.42 Å². The number of hydrogen-bond acceptors (Lipinski definition) is 13. The quantitative estimate of drug-likeness (QED) is 0.0726. The van der Waals surface area contributed by atoms with Gasteiger partial charge in [0.25, 0.3) is 0 Å². The molecule has 5 aromatic carbocycles. The highest BCUT2D eigenvalue weighted by molar-refractivity contribution is 5.56. The summed E-state index contributed by atoms with van der Waals surface area (Å²) in [6.07, 6.45) is 22.3. The Bertz CT molecular complexity index is 3120. The molecule has 0 amide bonds. The molecule has 6 aliphatic rings. The van der Waals surface area contributed by atoms with Crippen molar-refractivity contribution in [2.45, 2.75) is 277 Å². The fraction of sp³-hybridized carbons (Fsp3) is 0.600. The van der Waals surface area contributed by atoms with Gasteiger partial charge in [-0.05, 0) is 281 Å². The van der Waals surface area contributed by atoms with Gasteiger partial charge in [0.15, 0.2) is 0 Å². The van der Waals surface area contributed by atoms with Crippen molar-refractivity contribution in [3.8, 4) is 23.8 Å². The van der Waals surface area contributed by atoms with Crippen molar-refractivity contribution in [1.29, 1.82) is 0 Å². The molecule has 1 aliphatic carbocycles. The predicted molar refractivity (Wildman–Crippen MR) is 416 cm³/mol. The first-order valence-corrected chi connectivity index (χ1v) is 36.2. The highest BCUT2D eigenvalue weighted by Gasteiger charge is 2.24. The number of ether oxygens (including phenoxy) is 7. The molecule has 1 atom stereocenters. The first kappa shape index (κ1) is 88.9. The molecular formula is C85H135FN6O7. The molecule has 5 aromatic rings. The monoisotopic (exact) mass is 1370 g/mol. The van der Waals surface area contributed by atoms with Crippen LogP contribution >= 0.6 is 0 Å². The summed E-state index contributed by atoms with van der Waals surface area (Å²) in [7, 11) is 0. The average Bonchev–Trinajstić information content (AvgIpc) is 1.11. The topological polar surface area (TPSA) is 120 Å². The van der Waals surface area contributed by atoms with Crippen LogP contribution in [0.5, 0.6) is 11.5 Å². The number of rotatable bonds is 16.